The molecule has 3 aliphatic rings. The number of hydrogen-bond acceptors (Lipinski definition) is 6. The SMILES string of the molecule is COc1cc([C@@H]2C(C(=O)OC3CCCC3)=C(C)NC3=C2C(=O)CC(C)(C)C3)cc(Cl)c1O. The lowest BCUT2D eigenvalue weighted by Gasteiger charge is -2.39. The minimum atomic E-state index is -0.643. The van der Waals surface area contributed by atoms with Gasteiger partial charge in [-0.15, -0.1) is 0 Å². The lowest BCUT2D eigenvalue weighted by atomic mass is 9.68. The fraction of sp³-hybridized carbons (Fsp3) is 0.520. The Balaban J connectivity index is 1.85. The zero-order chi connectivity index (χ0) is 23.2. The lowest BCUT2D eigenvalue weighted by molar-refractivity contribution is -0.144. The zero-order valence-corrected chi connectivity index (χ0v) is 19.8. The van der Waals surface area contributed by atoms with Crippen LogP contribution in [0.5, 0.6) is 11.5 Å². The van der Waals surface area contributed by atoms with Crippen molar-refractivity contribution in [3.05, 3.63) is 45.3 Å². The summed E-state index contributed by atoms with van der Waals surface area (Å²) in [6, 6.07) is 3.24. The number of nitrogens with one attached hydrogen (secondary N) is 1. The van der Waals surface area contributed by atoms with E-state index in [1.165, 1.54) is 7.11 Å². The Kier molecular flexibility index (Phi) is 6.01. The van der Waals surface area contributed by atoms with Gasteiger partial charge in [0.25, 0.3) is 0 Å². The molecule has 0 spiro atoms. The molecule has 0 aromatic heterocycles. The van der Waals surface area contributed by atoms with Gasteiger partial charge in [0.15, 0.2) is 17.3 Å². The fourth-order valence-corrected chi connectivity index (χ4v) is 5.40. The number of methoxy groups -OCH3 is 1. The Hall–Kier alpha value is -2.47. The summed E-state index contributed by atoms with van der Waals surface area (Å²) in [6.45, 7) is 5.97. The molecule has 0 amide bonds. The first-order chi connectivity index (χ1) is 15.1. The van der Waals surface area contributed by atoms with E-state index in [4.69, 9.17) is 21.1 Å². The molecule has 1 aromatic rings. The van der Waals surface area contributed by atoms with E-state index in [0.717, 1.165) is 31.4 Å². The Morgan fingerprint density at radius 2 is 1.91 bits per heavy atom. The number of allylic oxidation sites excluding steroid dienone is 3. The second-order valence-corrected chi connectivity index (χ2v) is 10.2. The van der Waals surface area contributed by atoms with Gasteiger partial charge in [0.2, 0.25) is 0 Å². The summed E-state index contributed by atoms with van der Waals surface area (Å²) >= 11 is 6.30. The van der Waals surface area contributed by atoms with E-state index in [1.807, 2.05) is 6.92 Å². The van der Waals surface area contributed by atoms with Crippen LogP contribution in [0.15, 0.2) is 34.7 Å². The predicted molar refractivity (Wildman–Crippen MR) is 122 cm³/mol. The third kappa shape index (κ3) is 4.13. The Morgan fingerprint density at radius 1 is 1.22 bits per heavy atom. The quantitative estimate of drug-likeness (QED) is 0.606. The van der Waals surface area contributed by atoms with Crippen molar-refractivity contribution < 1.29 is 24.2 Å². The average Bonchev–Trinajstić information content (AvgIpc) is 3.20. The molecular weight excluding hydrogens is 430 g/mol. The fourth-order valence-electron chi connectivity index (χ4n) is 5.18. The van der Waals surface area contributed by atoms with Gasteiger partial charge in [0.1, 0.15) is 6.10 Å². The minimum absolute atomic E-state index is 0.00409. The summed E-state index contributed by atoms with van der Waals surface area (Å²) in [4.78, 5) is 26.8. The number of esters is 1. The number of Topliss-reactive ketones (excluding diaryl/α,β-unsaturated/α-hetero) is 1. The predicted octanol–water partition coefficient (Wildman–Crippen LogP) is 5.14. The van der Waals surface area contributed by atoms with Crippen molar-refractivity contribution in [3.8, 4) is 11.5 Å². The highest BCUT2D eigenvalue weighted by Crippen LogP contribution is 2.49. The number of hydrogen-bond donors (Lipinski definition) is 2. The van der Waals surface area contributed by atoms with Gasteiger partial charge in [-0.3, -0.25) is 4.79 Å². The van der Waals surface area contributed by atoms with Crippen LogP contribution in [0.2, 0.25) is 5.02 Å². The van der Waals surface area contributed by atoms with Gasteiger partial charge in [-0.25, -0.2) is 4.79 Å². The van der Waals surface area contributed by atoms with Gasteiger partial charge in [-0.05, 0) is 62.1 Å². The number of phenolic OH excluding ortho intramolecular Hbond substituents is 1. The molecule has 1 aromatic carbocycles. The number of phenols is 1. The molecule has 2 N–H and O–H groups in total. The van der Waals surface area contributed by atoms with Crippen molar-refractivity contribution in [2.75, 3.05) is 7.11 Å². The number of halogens is 1. The maximum Gasteiger partial charge on any atom is 0.337 e. The first-order valence-electron chi connectivity index (χ1n) is 11.1. The van der Waals surface area contributed by atoms with E-state index in [0.29, 0.717) is 35.2 Å². The molecule has 0 unspecified atom stereocenters. The van der Waals surface area contributed by atoms with Crippen LogP contribution in [0.1, 0.15) is 70.8 Å². The molecule has 172 valence electrons. The maximum atomic E-state index is 13.4. The summed E-state index contributed by atoms with van der Waals surface area (Å²) in [5, 5.41) is 13.7. The molecule has 1 saturated carbocycles. The van der Waals surface area contributed by atoms with Gasteiger partial charge in [0.05, 0.1) is 17.7 Å². The summed E-state index contributed by atoms with van der Waals surface area (Å²) in [6.07, 6.45) is 4.79. The van der Waals surface area contributed by atoms with Crippen LogP contribution < -0.4 is 10.1 Å². The third-order valence-electron chi connectivity index (χ3n) is 6.64. The monoisotopic (exact) mass is 459 g/mol. The van der Waals surface area contributed by atoms with Crippen LogP contribution in [0.4, 0.5) is 0 Å². The highest BCUT2D eigenvalue weighted by atomic mass is 35.5. The van der Waals surface area contributed by atoms with E-state index < -0.39 is 11.9 Å². The highest BCUT2D eigenvalue weighted by molar-refractivity contribution is 6.32. The van der Waals surface area contributed by atoms with E-state index >= 15 is 0 Å². The molecule has 1 fully saturated rings. The topological polar surface area (TPSA) is 84.9 Å². The van der Waals surface area contributed by atoms with Crippen LogP contribution in [-0.2, 0) is 14.3 Å². The second kappa shape index (κ2) is 8.47. The largest absolute Gasteiger partial charge is 0.503 e. The molecule has 32 heavy (non-hydrogen) atoms. The van der Waals surface area contributed by atoms with Crippen molar-refractivity contribution >= 4 is 23.4 Å². The molecule has 0 bridgehead atoms. The second-order valence-electron chi connectivity index (χ2n) is 9.80. The molecule has 6 nitrogen and oxygen atoms in total. The first-order valence-corrected chi connectivity index (χ1v) is 11.5. The van der Waals surface area contributed by atoms with Gasteiger partial charge >= 0.3 is 5.97 Å². The third-order valence-corrected chi connectivity index (χ3v) is 6.93. The average molecular weight is 460 g/mol. The van der Waals surface area contributed by atoms with Crippen molar-refractivity contribution in [2.24, 2.45) is 5.41 Å². The van der Waals surface area contributed by atoms with E-state index in [2.05, 4.69) is 19.2 Å². The Bertz CT molecular complexity index is 1030. The molecule has 1 aliphatic heterocycles. The smallest absolute Gasteiger partial charge is 0.337 e. The molecule has 0 saturated heterocycles. The number of carbonyl (C=O) groups excluding carboxylic acids is 2. The van der Waals surface area contributed by atoms with Crippen molar-refractivity contribution in [1.29, 1.82) is 0 Å². The molecule has 7 heteroatoms. The van der Waals surface area contributed by atoms with Crippen LogP contribution in [0.3, 0.4) is 0 Å². The number of benzene rings is 1. The van der Waals surface area contributed by atoms with Crippen LogP contribution in [0.25, 0.3) is 0 Å². The summed E-state index contributed by atoms with van der Waals surface area (Å²) in [5.41, 5.74) is 2.91. The lowest BCUT2D eigenvalue weighted by Crippen LogP contribution is -2.39. The van der Waals surface area contributed by atoms with Crippen LogP contribution in [-0.4, -0.2) is 30.1 Å². The van der Waals surface area contributed by atoms with Crippen molar-refractivity contribution in [2.45, 2.75) is 71.3 Å². The standard InChI is InChI=1S/C25H30ClNO5/c1-13-20(24(30)32-15-7-5-6-8-15)21(14-9-16(26)23(29)19(10-14)31-4)22-17(27-13)11-25(2,3)12-18(22)28/h9-10,15,21,27,29H,5-8,11-12H2,1-4H3/t21-/m1/s1. The molecule has 2 aliphatic carbocycles. The molecule has 0 radical (unpaired) electrons. The first kappa shape index (κ1) is 22.7. The van der Waals surface area contributed by atoms with E-state index in [1.54, 1.807) is 12.1 Å². The van der Waals surface area contributed by atoms with Gasteiger partial charge in [-0.1, -0.05) is 25.4 Å². The Labute approximate surface area is 193 Å². The van der Waals surface area contributed by atoms with Crippen molar-refractivity contribution in [3.63, 3.8) is 0 Å². The van der Waals surface area contributed by atoms with Crippen molar-refractivity contribution in [1.82, 2.24) is 5.32 Å². The zero-order valence-electron chi connectivity index (χ0n) is 19.0. The minimum Gasteiger partial charge on any atom is -0.503 e. The van der Waals surface area contributed by atoms with E-state index in [-0.39, 0.29) is 33.8 Å². The number of dihydropyridines is 1. The summed E-state index contributed by atoms with van der Waals surface area (Å²) in [7, 11) is 1.44. The number of aromatic hydroxyl groups is 1. The highest BCUT2D eigenvalue weighted by Gasteiger charge is 2.44. The normalized spacial score (nSPS) is 23.2. The number of ketones is 1. The summed E-state index contributed by atoms with van der Waals surface area (Å²) < 4.78 is 11.2. The van der Waals surface area contributed by atoms with Crippen LogP contribution in [0, 0.1) is 5.41 Å². The van der Waals surface area contributed by atoms with E-state index in [9.17, 15) is 14.7 Å². The summed E-state index contributed by atoms with van der Waals surface area (Å²) in [5.74, 6) is -1.04. The van der Waals surface area contributed by atoms with Gasteiger partial charge in [0, 0.05) is 29.3 Å². The van der Waals surface area contributed by atoms with Gasteiger partial charge < -0.3 is 19.9 Å². The number of rotatable bonds is 4. The van der Waals surface area contributed by atoms with Crippen LogP contribution >= 0.6 is 11.6 Å². The Morgan fingerprint density at radius 3 is 2.56 bits per heavy atom. The van der Waals surface area contributed by atoms with Gasteiger partial charge in [-0.2, -0.15) is 0 Å². The molecule has 4 rings (SSSR count). The number of carbonyl (C=O) groups is 2. The molecular formula is C25H30ClNO5. The maximum absolute atomic E-state index is 13.4. The molecule has 1 atom stereocenters. The number of ether oxygens (including phenoxy) is 2. The molecule has 1 heterocycles.